The number of aliphatic imine (C=N–C) groups is 1. The number of guanidine groups is 1. The van der Waals surface area contributed by atoms with Crippen LogP contribution in [0.3, 0.4) is 0 Å². The Kier molecular flexibility index (Phi) is 8.29. The molecular formula is C19H28F2N4O2. The summed E-state index contributed by atoms with van der Waals surface area (Å²) in [5.74, 6) is 1.35. The van der Waals surface area contributed by atoms with Crippen LogP contribution < -0.4 is 15.4 Å². The number of carbonyl (C=O) groups is 1. The molecule has 0 unspecified atom stereocenters. The van der Waals surface area contributed by atoms with Gasteiger partial charge in [-0.3, -0.25) is 4.79 Å². The van der Waals surface area contributed by atoms with E-state index in [1.165, 1.54) is 6.07 Å². The Labute approximate surface area is 159 Å². The highest BCUT2D eigenvalue weighted by Crippen LogP contribution is 2.23. The molecule has 1 aromatic carbocycles. The van der Waals surface area contributed by atoms with E-state index in [-0.39, 0.29) is 18.2 Å². The largest absolute Gasteiger partial charge is 0.434 e. The summed E-state index contributed by atoms with van der Waals surface area (Å²) < 4.78 is 29.7. The van der Waals surface area contributed by atoms with Gasteiger partial charge in [-0.25, -0.2) is 4.99 Å². The van der Waals surface area contributed by atoms with Crippen LogP contribution >= 0.6 is 0 Å². The predicted molar refractivity (Wildman–Crippen MR) is 101 cm³/mol. The van der Waals surface area contributed by atoms with Crippen LogP contribution in [0.25, 0.3) is 0 Å². The minimum Gasteiger partial charge on any atom is -0.434 e. The molecule has 150 valence electrons. The summed E-state index contributed by atoms with van der Waals surface area (Å²) in [4.78, 5) is 18.3. The summed E-state index contributed by atoms with van der Waals surface area (Å²) in [6.07, 6.45) is 2.39. The van der Waals surface area contributed by atoms with E-state index in [1.54, 1.807) is 25.2 Å². The quantitative estimate of drug-likeness (QED) is 0.562. The molecule has 1 saturated heterocycles. The van der Waals surface area contributed by atoms with Crippen molar-refractivity contribution >= 4 is 11.9 Å². The Morgan fingerprint density at radius 3 is 2.67 bits per heavy atom. The number of hydrogen-bond donors (Lipinski definition) is 2. The lowest BCUT2D eigenvalue weighted by atomic mass is 9.93. The van der Waals surface area contributed by atoms with Gasteiger partial charge in [0, 0.05) is 38.7 Å². The summed E-state index contributed by atoms with van der Waals surface area (Å²) in [5, 5.41) is 5.93. The fraction of sp³-hybridized carbons (Fsp3) is 0.579. The molecule has 0 atom stereocenters. The van der Waals surface area contributed by atoms with Crippen LogP contribution in [0.1, 0.15) is 31.7 Å². The van der Waals surface area contributed by atoms with Crippen LogP contribution in [0.4, 0.5) is 8.78 Å². The number of alkyl halides is 2. The second-order valence-corrected chi connectivity index (χ2v) is 6.46. The molecule has 0 aromatic heterocycles. The SMILES string of the molecule is CCNC(=NCc1ccccc1OC(F)F)N1CCC(CC(=O)NC)CC1. The number of para-hydroxylation sites is 1. The van der Waals surface area contributed by atoms with Crippen LogP contribution in [-0.2, 0) is 11.3 Å². The molecule has 0 saturated carbocycles. The van der Waals surface area contributed by atoms with E-state index in [0.29, 0.717) is 24.4 Å². The average Bonchev–Trinajstić information content (AvgIpc) is 2.66. The van der Waals surface area contributed by atoms with Crippen molar-refractivity contribution < 1.29 is 18.3 Å². The van der Waals surface area contributed by atoms with E-state index in [0.717, 1.165) is 31.9 Å². The maximum atomic E-state index is 12.6. The number of benzene rings is 1. The Balaban J connectivity index is 2.00. The molecule has 8 heteroatoms. The molecule has 1 aliphatic rings. The van der Waals surface area contributed by atoms with Crippen molar-refractivity contribution in [3.05, 3.63) is 29.8 Å². The van der Waals surface area contributed by atoms with E-state index in [1.807, 2.05) is 6.92 Å². The third-order valence-electron chi connectivity index (χ3n) is 4.59. The molecule has 0 spiro atoms. The third kappa shape index (κ3) is 6.69. The number of amides is 1. The molecule has 2 rings (SSSR count). The van der Waals surface area contributed by atoms with Crippen molar-refractivity contribution in [3.63, 3.8) is 0 Å². The number of halogens is 2. The maximum Gasteiger partial charge on any atom is 0.387 e. The Morgan fingerprint density at radius 2 is 2.04 bits per heavy atom. The van der Waals surface area contributed by atoms with Crippen molar-refractivity contribution in [2.45, 2.75) is 39.3 Å². The summed E-state index contributed by atoms with van der Waals surface area (Å²) in [6.45, 7) is 1.71. The van der Waals surface area contributed by atoms with Crippen molar-refractivity contribution in [2.75, 3.05) is 26.7 Å². The Morgan fingerprint density at radius 1 is 1.33 bits per heavy atom. The monoisotopic (exact) mass is 382 g/mol. The first-order valence-electron chi connectivity index (χ1n) is 9.30. The smallest absolute Gasteiger partial charge is 0.387 e. The highest BCUT2D eigenvalue weighted by Gasteiger charge is 2.23. The minimum atomic E-state index is -2.86. The summed E-state index contributed by atoms with van der Waals surface area (Å²) in [5.41, 5.74) is 0.614. The number of nitrogens with zero attached hydrogens (tertiary/aromatic N) is 2. The van der Waals surface area contributed by atoms with Crippen LogP contribution in [0.5, 0.6) is 5.75 Å². The normalized spacial score (nSPS) is 15.7. The molecule has 1 heterocycles. The molecule has 1 amide bonds. The molecule has 1 aliphatic heterocycles. The highest BCUT2D eigenvalue weighted by atomic mass is 19.3. The van der Waals surface area contributed by atoms with Gasteiger partial charge < -0.3 is 20.3 Å². The van der Waals surface area contributed by atoms with Gasteiger partial charge >= 0.3 is 6.61 Å². The van der Waals surface area contributed by atoms with Gasteiger partial charge in [0.15, 0.2) is 5.96 Å². The van der Waals surface area contributed by atoms with Crippen LogP contribution in [-0.4, -0.2) is 50.1 Å². The van der Waals surface area contributed by atoms with Gasteiger partial charge in [-0.1, -0.05) is 18.2 Å². The number of rotatable bonds is 7. The van der Waals surface area contributed by atoms with E-state index in [4.69, 9.17) is 0 Å². The van der Waals surface area contributed by atoms with Gasteiger partial charge in [-0.05, 0) is 31.7 Å². The molecule has 2 N–H and O–H groups in total. The Hall–Kier alpha value is -2.38. The zero-order valence-corrected chi connectivity index (χ0v) is 15.9. The number of hydrogen-bond acceptors (Lipinski definition) is 3. The second kappa shape index (κ2) is 10.7. The lowest BCUT2D eigenvalue weighted by molar-refractivity contribution is -0.121. The van der Waals surface area contributed by atoms with Crippen LogP contribution in [0, 0.1) is 5.92 Å². The van der Waals surface area contributed by atoms with Crippen molar-refractivity contribution in [2.24, 2.45) is 10.9 Å². The van der Waals surface area contributed by atoms with Gasteiger partial charge in [0.2, 0.25) is 5.91 Å². The first-order valence-corrected chi connectivity index (χ1v) is 9.30. The molecule has 6 nitrogen and oxygen atoms in total. The lowest BCUT2D eigenvalue weighted by Crippen LogP contribution is -2.46. The van der Waals surface area contributed by atoms with E-state index < -0.39 is 6.61 Å². The van der Waals surface area contributed by atoms with Gasteiger partial charge in [-0.15, -0.1) is 0 Å². The second-order valence-electron chi connectivity index (χ2n) is 6.46. The van der Waals surface area contributed by atoms with Gasteiger partial charge in [0.25, 0.3) is 0 Å². The zero-order valence-electron chi connectivity index (χ0n) is 15.9. The number of carbonyl (C=O) groups excluding carboxylic acids is 1. The Bertz CT molecular complexity index is 632. The maximum absolute atomic E-state index is 12.6. The fourth-order valence-electron chi connectivity index (χ4n) is 3.14. The third-order valence-corrected chi connectivity index (χ3v) is 4.59. The summed E-state index contributed by atoms with van der Waals surface area (Å²) in [7, 11) is 1.66. The van der Waals surface area contributed by atoms with E-state index in [9.17, 15) is 13.6 Å². The zero-order chi connectivity index (χ0) is 19.6. The molecule has 0 radical (unpaired) electrons. The van der Waals surface area contributed by atoms with Crippen LogP contribution in [0.15, 0.2) is 29.3 Å². The van der Waals surface area contributed by atoms with E-state index >= 15 is 0 Å². The van der Waals surface area contributed by atoms with Gasteiger partial charge in [-0.2, -0.15) is 8.78 Å². The summed E-state index contributed by atoms with van der Waals surface area (Å²) in [6, 6.07) is 6.70. The van der Waals surface area contributed by atoms with Crippen molar-refractivity contribution in [1.29, 1.82) is 0 Å². The van der Waals surface area contributed by atoms with Gasteiger partial charge in [0.1, 0.15) is 5.75 Å². The minimum absolute atomic E-state index is 0.0738. The number of nitrogens with one attached hydrogen (secondary N) is 2. The summed E-state index contributed by atoms with van der Waals surface area (Å²) >= 11 is 0. The molecule has 0 bridgehead atoms. The topological polar surface area (TPSA) is 66.0 Å². The number of ether oxygens (including phenoxy) is 1. The average molecular weight is 382 g/mol. The lowest BCUT2D eigenvalue weighted by Gasteiger charge is -2.34. The van der Waals surface area contributed by atoms with Gasteiger partial charge in [0.05, 0.1) is 6.54 Å². The number of piperidine rings is 1. The molecule has 1 fully saturated rings. The predicted octanol–water partition coefficient (Wildman–Crippen LogP) is 2.60. The van der Waals surface area contributed by atoms with Crippen LogP contribution in [0.2, 0.25) is 0 Å². The van der Waals surface area contributed by atoms with E-state index in [2.05, 4.69) is 25.3 Å². The first-order chi connectivity index (χ1) is 13.0. The first kappa shape index (κ1) is 20.9. The molecular weight excluding hydrogens is 354 g/mol. The fourth-order valence-corrected chi connectivity index (χ4v) is 3.14. The molecule has 1 aromatic rings. The van der Waals surface area contributed by atoms with Crippen molar-refractivity contribution in [3.8, 4) is 5.75 Å². The highest BCUT2D eigenvalue weighted by molar-refractivity contribution is 5.80. The molecule has 0 aliphatic carbocycles. The molecule has 27 heavy (non-hydrogen) atoms. The number of likely N-dealkylation sites (tertiary alicyclic amines) is 1. The standard InChI is InChI=1S/C19H28F2N4O2/c1-3-23-19(25-10-8-14(9-11-25)12-17(26)22-2)24-13-15-6-4-5-7-16(15)27-18(20)21/h4-7,14,18H,3,8-13H2,1-2H3,(H,22,26)(H,23,24). The van der Waals surface area contributed by atoms with Crippen molar-refractivity contribution in [1.82, 2.24) is 15.5 Å².